The number of nitrogens with one attached hydrogen (secondary N) is 1. The number of nitrogens with two attached hydrogens (primary N) is 1. The van der Waals surface area contributed by atoms with Crippen molar-refractivity contribution in [1.29, 1.82) is 0 Å². The van der Waals surface area contributed by atoms with Crippen LogP contribution in [-0.2, 0) is 0 Å². The maximum Gasteiger partial charge on any atom is 0.135 e. The van der Waals surface area contributed by atoms with Crippen LogP contribution in [0.2, 0.25) is 0 Å². The van der Waals surface area contributed by atoms with Crippen molar-refractivity contribution in [3.8, 4) is 0 Å². The molecule has 0 heterocycles. The first-order valence-electron chi connectivity index (χ1n) is 4.68. The lowest BCUT2D eigenvalue weighted by molar-refractivity contribution is 0.616. The van der Waals surface area contributed by atoms with Crippen molar-refractivity contribution >= 4 is 22.9 Å². The summed E-state index contributed by atoms with van der Waals surface area (Å²) in [5, 5.41) is 3.16. The van der Waals surface area contributed by atoms with Crippen LogP contribution in [0.15, 0.2) is 18.2 Å². The molecule has 1 aromatic carbocycles. The molecule has 0 atom stereocenters. The zero-order chi connectivity index (χ0) is 11.6. The second-order valence-electron chi connectivity index (χ2n) is 4.40. The Labute approximate surface area is 94.7 Å². The summed E-state index contributed by atoms with van der Waals surface area (Å²) >= 11 is 4.82. The van der Waals surface area contributed by atoms with Crippen molar-refractivity contribution in [2.75, 3.05) is 5.32 Å². The van der Waals surface area contributed by atoms with Crippen LogP contribution in [0.1, 0.15) is 26.3 Å². The average Bonchev–Trinajstić information content (AvgIpc) is 1.99. The fourth-order valence-electron chi connectivity index (χ4n) is 1.28. The van der Waals surface area contributed by atoms with Gasteiger partial charge in [-0.2, -0.15) is 0 Å². The summed E-state index contributed by atoms with van der Waals surface area (Å²) in [5.74, 6) is -0.392. The Balaban J connectivity index is 3.18. The van der Waals surface area contributed by atoms with E-state index in [1.54, 1.807) is 12.1 Å². The zero-order valence-corrected chi connectivity index (χ0v) is 9.91. The zero-order valence-electron chi connectivity index (χ0n) is 9.10. The third-order valence-electron chi connectivity index (χ3n) is 1.77. The summed E-state index contributed by atoms with van der Waals surface area (Å²) in [7, 11) is 0. The molecule has 0 radical (unpaired) electrons. The van der Waals surface area contributed by atoms with Gasteiger partial charge < -0.3 is 11.1 Å². The molecular weight excluding hydrogens is 211 g/mol. The van der Waals surface area contributed by atoms with E-state index >= 15 is 0 Å². The molecule has 0 saturated carbocycles. The lowest BCUT2D eigenvalue weighted by Crippen LogP contribution is -2.28. The summed E-state index contributed by atoms with van der Waals surface area (Å²) in [4.78, 5) is 0.0693. The SMILES string of the molecule is CC(C)(C)Nc1cccc(F)c1C(N)=S. The fraction of sp³-hybridized carbons (Fsp3) is 0.364. The Bertz CT molecular complexity index is 383. The summed E-state index contributed by atoms with van der Waals surface area (Å²) in [6, 6.07) is 4.75. The van der Waals surface area contributed by atoms with E-state index in [9.17, 15) is 4.39 Å². The van der Waals surface area contributed by atoms with Crippen LogP contribution in [0.25, 0.3) is 0 Å². The molecule has 82 valence electrons. The van der Waals surface area contributed by atoms with Gasteiger partial charge in [0.2, 0.25) is 0 Å². The Morgan fingerprint density at radius 1 is 1.40 bits per heavy atom. The molecule has 0 aliphatic carbocycles. The van der Waals surface area contributed by atoms with Crippen LogP contribution < -0.4 is 11.1 Å². The van der Waals surface area contributed by atoms with Crippen molar-refractivity contribution in [3.63, 3.8) is 0 Å². The van der Waals surface area contributed by atoms with E-state index in [0.717, 1.165) is 0 Å². The largest absolute Gasteiger partial charge is 0.389 e. The van der Waals surface area contributed by atoms with Gasteiger partial charge in [-0.1, -0.05) is 18.3 Å². The summed E-state index contributed by atoms with van der Waals surface area (Å²) in [6.07, 6.45) is 0. The lowest BCUT2D eigenvalue weighted by atomic mass is 10.1. The first-order valence-corrected chi connectivity index (χ1v) is 5.08. The number of halogens is 1. The minimum absolute atomic E-state index is 0.0693. The molecule has 4 heteroatoms. The molecular formula is C11H15FN2S. The molecule has 0 aliphatic rings. The predicted octanol–water partition coefficient (Wildman–Crippen LogP) is 2.67. The topological polar surface area (TPSA) is 38.0 Å². The van der Waals surface area contributed by atoms with E-state index in [-0.39, 0.29) is 16.1 Å². The Hall–Kier alpha value is -1.16. The number of hydrogen-bond acceptors (Lipinski definition) is 2. The van der Waals surface area contributed by atoms with E-state index in [1.165, 1.54) is 6.07 Å². The molecule has 0 fully saturated rings. The number of thiocarbonyl (C=S) groups is 1. The number of benzene rings is 1. The van der Waals surface area contributed by atoms with Gasteiger partial charge in [0.25, 0.3) is 0 Å². The predicted molar refractivity (Wildman–Crippen MR) is 65.7 cm³/mol. The molecule has 0 bridgehead atoms. The van der Waals surface area contributed by atoms with Gasteiger partial charge in [0.15, 0.2) is 0 Å². The number of hydrogen-bond donors (Lipinski definition) is 2. The van der Waals surface area contributed by atoms with E-state index < -0.39 is 5.82 Å². The van der Waals surface area contributed by atoms with E-state index in [0.29, 0.717) is 5.69 Å². The summed E-state index contributed by atoms with van der Waals surface area (Å²) in [6.45, 7) is 5.96. The number of rotatable bonds is 2. The highest BCUT2D eigenvalue weighted by molar-refractivity contribution is 7.80. The maximum absolute atomic E-state index is 13.5. The van der Waals surface area contributed by atoms with Gasteiger partial charge >= 0.3 is 0 Å². The Kier molecular flexibility index (Phi) is 3.29. The van der Waals surface area contributed by atoms with Gasteiger partial charge in [-0.25, -0.2) is 4.39 Å². The van der Waals surface area contributed by atoms with Crippen LogP contribution in [-0.4, -0.2) is 10.5 Å². The highest BCUT2D eigenvalue weighted by Crippen LogP contribution is 2.22. The molecule has 0 spiro atoms. The standard InChI is InChI=1S/C11H15FN2S/c1-11(2,3)14-8-6-4-5-7(12)9(8)10(13)15/h4-6,14H,1-3H3,(H2,13,15). The minimum atomic E-state index is -0.392. The second kappa shape index (κ2) is 4.14. The van der Waals surface area contributed by atoms with Crippen LogP contribution in [0, 0.1) is 5.82 Å². The van der Waals surface area contributed by atoms with Crippen molar-refractivity contribution in [2.24, 2.45) is 5.73 Å². The molecule has 2 nitrogen and oxygen atoms in total. The first kappa shape index (κ1) is 11.9. The molecule has 0 amide bonds. The van der Waals surface area contributed by atoms with Crippen LogP contribution >= 0.6 is 12.2 Å². The average molecular weight is 226 g/mol. The first-order chi connectivity index (χ1) is 6.81. The third kappa shape index (κ3) is 3.16. The molecule has 3 N–H and O–H groups in total. The van der Waals surface area contributed by atoms with Gasteiger partial charge in [0.05, 0.1) is 5.56 Å². The molecule has 1 rings (SSSR count). The number of anilines is 1. The summed E-state index contributed by atoms with van der Waals surface area (Å²) < 4.78 is 13.5. The van der Waals surface area contributed by atoms with Gasteiger partial charge in [-0.05, 0) is 32.9 Å². The van der Waals surface area contributed by atoms with Crippen molar-refractivity contribution in [3.05, 3.63) is 29.6 Å². The van der Waals surface area contributed by atoms with Crippen LogP contribution in [0.5, 0.6) is 0 Å². The molecule has 1 aromatic rings. The van der Waals surface area contributed by atoms with E-state index in [4.69, 9.17) is 18.0 Å². The molecule has 0 aliphatic heterocycles. The molecule has 0 saturated heterocycles. The summed E-state index contributed by atoms with van der Waals surface area (Å²) in [5.41, 5.74) is 6.24. The van der Waals surface area contributed by atoms with Gasteiger partial charge in [0.1, 0.15) is 10.8 Å². The quantitative estimate of drug-likeness (QED) is 0.761. The Morgan fingerprint density at radius 3 is 2.47 bits per heavy atom. The van der Waals surface area contributed by atoms with Gasteiger partial charge in [0, 0.05) is 11.2 Å². The monoisotopic (exact) mass is 226 g/mol. The van der Waals surface area contributed by atoms with E-state index in [1.807, 2.05) is 20.8 Å². The highest BCUT2D eigenvalue weighted by atomic mass is 32.1. The molecule has 0 aromatic heterocycles. The van der Waals surface area contributed by atoms with Crippen LogP contribution in [0.3, 0.4) is 0 Å². The molecule has 15 heavy (non-hydrogen) atoms. The van der Waals surface area contributed by atoms with Crippen LogP contribution in [0.4, 0.5) is 10.1 Å². The Morgan fingerprint density at radius 2 is 2.00 bits per heavy atom. The van der Waals surface area contributed by atoms with Crippen molar-refractivity contribution < 1.29 is 4.39 Å². The lowest BCUT2D eigenvalue weighted by Gasteiger charge is -2.24. The normalized spacial score (nSPS) is 11.2. The smallest absolute Gasteiger partial charge is 0.135 e. The van der Waals surface area contributed by atoms with Crippen molar-refractivity contribution in [1.82, 2.24) is 0 Å². The van der Waals surface area contributed by atoms with Gasteiger partial charge in [-0.3, -0.25) is 0 Å². The minimum Gasteiger partial charge on any atom is -0.389 e. The second-order valence-corrected chi connectivity index (χ2v) is 4.84. The highest BCUT2D eigenvalue weighted by Gasteiger charge is 2.15. The van der Waals surface area contributed by atoms with E-state index in [2.05, 4.69) is 5.32 Å². The third-order valence-corrected chi connectivity index (χ3v) is 1.97. The maximum atomic E-state index is 13.5. The van der Waals surface area contributed by atoms with Gasteiger partial charge in [-0.15, -0.1) is 0 Å². The fourth-order valence-corrected chi connectivity index (χ4v) is 1.49. The van der Waals surface area contributed by atoms with Crippen molar-refractivity contribution in [2.45, 2.75) is 26.3 Å². The molecule has 0 unspecified atom stereocenters.